The van der Waals surface area contributed by atoms with E-state index in [0.29, 0.717) is 37.6 Å². The zero-order chi connectivity index (χ0) is 15.0. The quantitative estimate of drug-likeness (QED) is 0.827. The SMILES string of the molecule is Cc1cc(C#N)nc(N2CCC3(CC2)C[C@@H](O)CC3=O)n1. The Kier molecular flexibility index (Phi) is 3.38. The van der Waals surface area contributed by atoms with Gasteiger partial charge in [0.1, 0.15) is 17.5 Å². The Morgan fingerprint density at radius 2 is 2.14 bits per heavy atom. The van der Waals surface area contributed by atoms with E-state index in [1.807, 2.05) is 17.9 Å². The summed E-state index contributed by atoms with van der Waals surface area (Å²) in [7, 11) is 0. The maximum atomic E-state index is 12.1. The summed E-state index contributed by atoms with van der Waals surface area (Å²) in [6.45, 7) is 3.22. The topological polar surface area (TPSA) is 90.1 Å². The molecule has 0 aromatic carbocycles. The van der Waals surface area contributed by atoms with Gasteiger partial charge in [0, 0.05) is 30.6 Å². The van der Waals surface area contributed by atoms with Gasteiger partial charge in [0.15, 0.2) is 0 Å². The number of anilines is 1. The number of hydrogen-bond acceptors (Lipinski definition) is 6. The second-order valence-electron chi connectivity index (χ2n) is 6.06. The molecule has 1 aromatic rings. The lowest BCUT2D eigenvalue weighted by Gasteiger charge is -2.38. The fourth-order valence-corrected chi connectivity index (χ4v) is 3.44. The zero-order valence-corrected chi connectivity index (χ0v) is 12.0. The molecule has 1 atom stereocenters. The van der Waals surface area contributed by atoms with Crippen LogP contribution in [0.5, 0.6) is 0 Å². The third kappa shape index (κ3) is 2.49. The summed E-state index contributed by atoms with van der Waals surface area (Å²) in [5.74, 6) is 0.755. The van der Waals surface area contributed by atoms with Crippen LogP contribution in [0.2, 0.25) is 0 Å². The molecule has 1 spiro atoms. The van der Waals surface area contributed by atoms with Crippen molar-refractivity contribution < 1.29 is 9.90 Å². The lowest BCUT2D eigenvalue weighted by molar-refractivity contribution is -0.126. The molecular formula is C15H18N4O2. The van der Waals surface area contributed by atoms with E-state index in [0.717, 1.165) is 18.5 Å². The van der Waals surface area contributed by atoms with Gasteiger partial charge in [-0.05, 0) is 32.3 Å². The van der Waals surface area contributed by atoms with Crippen LogP contribution in [0.4, 0.5) is 5.95 Å². The van der Waals surface area contributed by atoms with Gasteiger partial charge < -0.3 is 10.0 Å². The van der Waals surface area contributed by atoms with Crippen molar-refractivity contribution in [2.45, 2.75) is 38.7 Å². The maximum Gasteiger partial charge on any atom is 0.226 e. The van der Waals surface area contributed by atoms with Crippen LogP contribution in [0.25, 0.3) is 0 Å². The number of carbonyl (C=O) groups excluding carboxylic acids is 1. The largest absolute Gasteiger partial charge is 0.393 e. The van der Waals surface area contributed by atoms with Gasteiger partial charge in [0.05, 0.1) is 6.10 Å². The van der Waals surface area contributed by atoms with Gasteiger partial charge in [-0.2, -0.15) is 5.26 Å². The van der Waals surface area contributed by atoms with Gasteiger partial charge in [0.2, 0.25) is 5.95 Å². The van der Waals surface area contributed by atoms with E-state index in [1.54, 1.807) is 6.07 Å². The molecule has 3 rings (SSSR count). The van der Waals surface area contributed by atoms with Crippen molar-refractivity contribution in [2.24, 2.45) is 5.41 Å². The van der Waals surface area contributed by atoms with Crippen LogP contribution in [-0.4, -0.2) is 40.1 Å². The highest BCUT2D eigenvalue weighted by atomic mass is 16.3. The highest BCUT2D eigenvalue weighted by Gasteiger charge is 2.47. The third-order valence-electron chi connectivity index (χ3n) is 4.60. The molecular weight excluding hydrogens is 268 g/mol. The van der Waals surface area contributed by atoms with Crippen molar-refractivity contribution in [2.75, 3.05) is 18.0 Å². The van der Waals surface area contributed by atoms with Gasteiger partial charge in [-0.3, -0.25) is 4.79 Å². The van der Waals surface area contributed by atoms with Crippen molar-refractivity contribution >= 4 is 11.7 Å². The fraction of sp³-hybridized carbons (Fsp3) is 0.600. The molecule has 0 amide bonds. The third-order valence-corrected chi connectivity index (χ3v) is 4.60. The average Bonchev–Trinajstić information content (AvgIpc) is 2.73. The number of Topliss-reactive ketones (excluding diaryl/α,β-unsaturated/α-hetero) is 1. The monoisotopic (exact) mass is 286 g/mol. The smallest absolute Gasteiger partial charge is 0.226 e. The minimum absolute atomic E-state index is 0.192. The van der Waals surface area contributed by atoms with Crippen LogP contribution in [-0.2, 0) is 4.79 Å². The first-order chi connectivity index (χ1) is 10.0. The van der Waals surface area contributed by atoms with Crippen LogP contribution in [0.15, 0.2) is 6.07 Å². The van der Waals surface area contributed by atoms with E-state index in [2.05, 4.69) is 9.97 Å². The van der Waals surface area contributed by atoms with Crippen LogP contribution < -0.4 is 4.90 Å². The molecule has 2 aliphatic rings. The molecule has 1 aliphatic carbocycles. The Bertz CT molecular complexity index is 615. The highest BCUT2D eigenvalue weighted by molar-refractivity contribution is 5.87. The lowest BCUT2D eigenvalue weighted by atomic mass is 9.76. The predicted octanol–water partition coefficient (Wildman–Crippen LogP) is 0.967. The molecule has 0 unspecified atom stereocenters. The molecule has 1 aliphatic heterocycles. The van der Waals surface area contributed by atoms with E-state index in [9.17, 15) is 9.90 Å². The van der Waals surface area contributed by atoms with E-state index < -0.39 is 6.10 Å². The first kappa shape index (κ1) is 14.0. The van der Waals surface area contributed by atoms with Crippen LogP contribution >= 0.6 is 0 Å². The number of rotatable bonds is 1. The summed E-state index contributed by atoms with van der Waals surface area (Å²) >= 11 is 0. The average molecular weight is 286 g/mol. The number of nitrogens with zero attached hydrogens (tertiary/aromatic N) is 4. The molecule has 6 heteroatoms. The molecule has 1 saturated heterocycles. The number of nitriles is 1. The number of aryl methyl sites for hydroxylation is 1. The molecule has 2 heterocycles. The van der Waals surface area contributed by atoms with Crippen LogP contribution in [0, 0.1) is 23.7 Å². The van der Waals surface area contributed by atoms with Crippen molar-refractivity contribution in [1.29, 1.82) is 5.26 Å². The van der Waals surface area contributed by atoms with Crippen LogP contribution in [0.1, 0.15) is 37.1 Å². The van der Waals surface area contributed by atoms with Crippen molar-refractivity contribution in [1.82, 2.24) is 9.97 Å². The first-order valence-corrected chi connectivity index (χ1v) is 7.24. The summed E-state index contributed by atoms with van der Waals surface area (Å²) in [4.78, 5) is 22.8. The van der Waals surface area contributed by atoms with Gasteiger partial charge >= 0.3 is 0 Å². The minimum Gasteiger partial charge on any atom is -0.393 e. The zero-order valence-electron chi connectivity index (χ0n) is 12.0. The van der Waals surface area contributed by atoms with Gasteiger partial charge in [-0.15, -0.1) is 0 Å². The molecule has 0 bridgehead atoms. The molecule has 1 aromatic heterocycles. The fourth-order valence-electron chi connectivity index (χ4n) is 3.44. The van der Waals surface area contributed by atoms with Gasteiger partial charge in [-0.25, -0.2) is 9.97 Å². The standard InChI is InChI=1S/C15H18N4O2/c1-10-6-11(9-16)18-14(17-10)19-4-2-15(3-5-19)8-12(20)7-13(15)21/h6,12,20H,2-5,7-8H2,1H3/t12-/m0/s1. The van der Waals surface area contributed by atoms with E-state index in [4.69, 9.17) is 5.26 Å². The summed E-state index contributed by atoms with van der Waals surface area (Å²) in [6.07, 6.45) is 1.84. The molecule has 1 saturated carbocycles. The molecule has 110 valence electrons. The first-order valence-electron chi connectivity index (χ1n) is 7.24. The minimum atomic E-state index is -0.482. The summed E-state index contributed by atoms with van der Waals surface area (Å²) in [6, 6.07) is 3.70. The number of aromatic nitrogens is 2. The molecule has 6 nitrogen and oxygen atoms in total. The summed E-state index contributed by atoms with van der Waals surface area (Å²) in [5, 5.41) is 18.7. The molecule has 0 radical (unpaired) electrons. The number of aliphatic hydroxyl groups is 1. The van der Waals surface area contributed by atoms with Crippen molar-refractivity contribution in [3.63, 3.8) is 0 Å². The van der Waals surface area contributed by atoms with Crippen LogP contribution in [0.3, 0.4) is 0 Å². The van der Waals surface area contributed by atoms with E-state index in [-0.39, 0.29) is 11.2 Å². The Morgan fingerprint density at radius 1 is 1.43 bits per heavy atom. The number of hydrogen-bond donors (Lipinski definition) is 1. The normalized spacial score (nSPS) is 24.3. The van der Waals surface area contributed by atoms with E-state index in [1.165, 1.54) is 0 Å². The van der Waals surface area contributed by atoms with Gasteiger partial charge in [-0.1, -0.05) is 0 Å². The Balaban J connectivity index is 1.76. The lowest BCUT2D eigenvalue weighted by Crippen LogP contribution is -2.43. The van der Waals surface area contributed by atoms with Crippen molar-refractivity contribution in [3.8, 4) is 6.07 Å². The Morgan fingerprint density at radius 3 is 2.71 bits per heavy atom. The Hall–Kier alpha value is -2.00. The number of aliphatic hydroxyl groups excluding tert-OH is 1. The highest BCUT2D eigenvalue weighted by Crippen LogP contribution is 2.44. The summed E-state index contributed by atoms with van der Waals surface area (Å²) < 4.78 is 0. The van der Waals surface area contributed by atoms with Crippen molar-refractivity contribution in [3.05, 3.63) is 17.5 Å². The number of carbonyl (C=O) groups is 1. The van der Waals surface area contributed by atoms with E-state index >= 15 is 0 Å². The second-order valence-corrected chi connectivity index (χ2v) is 6.06. The van der Waals surface area contributed by atoms with Gasteiger partial charge in [0.25, 0.3) is 0 Å². The molecule has 2 fully saturated rings. The number of piperidine rings is 1. The molecule has 21 heavy (non-hydrogen) atoms. The second kappa shape index (κ2) is 5.08. The summed E-state index contributed by atoms with van der Waals surface area (Å²) in [5.41, 5.74) is 0.784. The number of ketones is 1. The predicted molar refractivity (Wildman–Crippen MR) is 75.6 cm³/mol. The Labute approximate surface area is 123 Å². The molecule has 1 N–H and O–H groups in total. The maximum absolute atomic E-state index is 12.1.